The lowest BCUT2D eigenvalue weighted by atomic mass is 9.76. The van der Waals surface area contributed by atoms with Crippen molar-refractivity contribution in [3.63, 3.8) is 0 Å². The highest BCUT2D eigenvalue weighted by atomic mass is 35.5. The summed E-state index contributed by atoms with van der Waals surface area (Å²) >= 11 is 0. The lowest BCUT2D eigenvalue weighted by Gasteiger charge is -2.17. The van der Waals surface area contributed by atoms with Gasteiger partial charge in [0.05, 0.1) is 6.61 Å². The van der Waals surface area contributed by atoms with Gasteiger partial charge in [-0.1, -0.05) is 36.4 Å². The van der Waals surface area contributed by atoms with E-state index >= 15 is 0 Å². The van der Waals surface area contributed by atoms with E-state index in [4.69, 9.17) is 14.0 Å². The molecule has 0 amide bonds. The Morgan fingerprint density at radius 3 is 2.68 bits per heavy atom. The van der Waals surface area contributed by atoms with Crippen molar-refractivity contribution >= 4 is 25.0 Å². The molecule has 2 heterocycles. The van der Waals surface area contributed by atoms with Gasteiger partial charge in [0.15, 0.2) is 0 Å². The van der Waals surface area contributed by atoms with Crippen LogP contribution in [-0.2, 0) is 9.31 Å². The van der Waals surface area contributed by atoms with Crippen molar-refractivity contribution in [2.75, 3.05) is 20.3 Å². The Balaban J connectivity index is 0.00000144. The van der Waals surface area contributed by atoms with Crippen LogP contribution >= 0.6 is 12.4 Å². The van der Waals surface area contributed by atoms with Gasteiger partial charge >= 0.3 is 7.12 Å². The summed E-state index contributed by atoms with van der Waals surface area (Å²) in [6.07, 6.45) is -0.179. The van der Waals surface area contributed by atoms with Gasteiger partial charge < -0.3 is 14.0 Å². The maximum atomic E-state index is 5.99. The molecule has 1 N–H and O–H groups in total. The zero-order valence-corrected chi connectivity index (χ0v) is 13.1. The fourth-order valence-electron chi connectivity index (χ4n) is 3.04. The van der Waals surface area contributed by atoms with Crippen LogP contribution in [0.5, 0.6) is 5.75 Å². The fraction of sp³-hybridized carbons (Fsp3) is 0.250. The second kappa shape index (κ2) is 6.30. The van der Waals surface area contributed by atoms with Crippen molar-refractivity contribution in [2.45, 2.75) is 6.23 Å². The Hall–Kier alpha value is -1.53. The Bertz CT molecular complexity index is 668. The molecule has 2 aromatic rings. The van der Waals surface area contributed by atoms with Gasteiger partial charge in [0, 0.05) is 11.0 Å². The first kappa shape index (κ1) is 15.4. The second-order valence-corrected chi connectivity index (χ2v) is 5.16. The summed E-state index contributed by atoms with van der Waals surface area (Å²) in [5.74, 6) is 0.866. The zero-order valence-electron chi connectivity index (χ0n) is 12.2. The molecule has 0 fully saturated rings. The van der Waals surface area contributed by atoms with Crippen LogP contribution < -0.4 is 15.5 Å². The van der Waals surface area contributed by atoms with Gasteiger partial charge in [-0.15, -0.1) is 12.4 Å². The molecule has 1 atom stereocenters. The normalized spacial score (nSPS) is 19.0. The van der Waals surface area contributed by atoms with Gasteiger partial charge in [0.2, 0.25) is 0 Å². The summed E-state index contributed by atoms with van der Waals surface area (Å²) in [4.78, 5) is 0. The third kappa shape index (κ3) is 2.40. The molecule has 114 valence electrons. The summed E-state index contributed by atoms with van der Waals surface area (Å²) in [5.41, 5.74) is 4.47. The van der Waals surface area contributed by atoms with Gasteiger partial charge in [-0.2, -0.15) is 0 Å². The van der Waals surface area contributed by atoms with Crippen molar-refractivity contribution in [1.29, 1.82) is 0 Å². The van der Waals surface area contributed by atoms with E-state index in [2.05, 4.69) is 23.5 Å². The monoisotopic (exact) mass is 317 g/mol. The van der Waals surface area contributed by atoms with E-state index in [0.717, 1.165) is 22.3 Å². The summed E-state index contributed by atoms with van der Waals surface area (Å²) in [6.45, 7) is 1.09. The second-order valence-electron chi connectivity index (χ2n) is 5.16. The quantitative estimate of drug-likeness (QED) is 0.862. The molecular weight excluding hydrogens is 300 g/mol. The molecular formula is C16H17BClNO3. The van der Waals surface area contributed by atoms with E-state index in [-0.39, 0.29) is 25.8 Å². The van der Waals surface area contributed by atoms with Crippen molar-refractivity contribution in [1.82, 2.24) is 5.32 Å². The molecule has 2 aliphatic rings. The van der Waals surface area contributed by atoms with Crippen LogP contribution in [0.25, 0.3) is 11.1 Å². The molecule has 0 spiro atoms. The molecule has 6 heteroatoms. The summed E-state index contributed by atoms with van der Waals surface area (Å²) in [6, 6.07) is 14.4. The minimum absolute atomic E-state index is 0. The van der Waals surface area contributed by atoms with E-state index in [1.807, 2.05) is 31.3 Å². The van der Waals surface area contributed by atoms with Gasteiger partial charge in [-0.05, 0) is 24.2 Å². The highest BCUT2D eigenvalue weighted by Gasteiger charge is 2.42. The van der Waals surface area contributed by atoms with E-state index < -0.39 is 0 Å². The lowest BCUT2D eigenvalue weighted by Crippen LogP contribution is -2.31. The van der Waals surface area contributed by atoms with Crippen LogP contribution in [-0.4, -0.2) is 27.4 Å². The maximum Gasteiger partial charge on any atom is 0.499 e. The van der Waals surface area contributed by atoms with Crippen molar-refractivity contribution in [3.05, 3.63) is 48.0 Å². The molecule has 0 unspecified atom stereocenters. The van der Waals surface area contributed by atoms with Crippen LogP contribution in [0, 0.1) is 0 Å². The molecule has 0 radical (unpaired) electrons. The first-order chi connectivity index (χ1) is 10.4. The average molecular weight is 318 g/mol. The molecule has 0 saturated carbocycles. The third-order valence-corrected chi connectivity index (χ3v) is 3.96. The standard InChI is InChI=1S/C16H16BNO3.ClH/c1-18-16-14-12(11-5-3-2-4-6-11)7-8-13-15(14)17(21-16)20-10-9-19-13;/h2-8,16,18H,9-10H2,1H3;1H/t16-;/m0./s1. The zero-order chi connectivity index (χ0) is 14.2. The minimum atomic E-state index is -0.349. The van der Waals surface area contributed by atoms with Crippen LogP contribution in [0.3, 0.4) is 0 Å². The number of rotatable bonds is 2. The van der Waals surface area contributed by atoms with Crippen LogP contribution in [0.2, 0.25) is 0 Å². The lowest BCUT2D eigenvalue weighted by molar-refractivity contribution is 0.128. The van der Waals surface area contributed by atoms with Gasteiger partial charge in [0.25, 0.3) is 0 Å². The minimum Gasteiger partial charge on any atom is -0.492 e. The molecule has 4 nitrogen and oxygen atoms in total. The third-order valence-electron chi connectivity index (χ3n) is 3.96. The van der Waals surface area contributed by atoms with Crippen LogP contribution in [0.4, 0.5) is 0 Å². The predicted molar refractivity (Wildman–Crippen MR) is 88.8 cm³/mol. The largest absolute Gasteiger partial charge is 0.499 e. The van der Waals surface area contributed by atoms with Gasteiger partial charge in [0.1, 0.15) is 18.6 Å². The number of ether oxygens (including phenoxy) is 1. The van der Waals surface area contributed by atoms with Crippen molar-refractivity contribution < 1.29 is 14.0 Å². The van der Waals surface area contributed by atoms with E-state index in [1.54, 1.807) is 0 Å². The average Bonchev–Trinajstić information content (AvgIpc) is 2.78. The van der Waals surface area contributed by atoms with E-state index in [9.17, 15) is 0 Å². The van der Waals surface area contributed by atoms with Crippen molar-refractivity contribution in [3.8, 4) is 16.9 Å². The van der Waals surface area contributed by atoms with Crippen molar-refractivity contribution in [2.24, 2.45) is 0 Å². The number of benzene rings is 2. The number of hydrogen-bond donors (Lipinski definition) is 1. The first-order valence-electron chi connectivity index (χ1n) is 7.18. The van der Waals surface area contributed by atoms with Gasteiger partial charge in [-0.25, -0.2) is 0 Å². The fourth-order valence-corrected chi connectivity index (χ4v) is 3.04. The molecule has 22 heavy (non-hydrogen) atoms. The molecule has 2 aliphatic heterocycles. The highest BCUT2D eigenvalue weighted by Crippen LogP contribution is 2.36. The molecule has 0 bridgehead atoms. The Morgan fingerprint density at radius 2 is 1.91 bits per heavy atom. The number of hydrogen-bond acceptors (Lipinski definition) is 4. The predicted octanol–water partition coefficient (Wildman–Crippen LogP) is 2.13. The highest BCUT2D eigenvalue weighted by molar-refractivity contribution is 6.64. The Labute approximate surface area is 136 Å². The van der Waals surface area contributed by atoms with E-state index in [0.29, 0.717) is 13.2 Å². The molecule has 2 aromatic carbocycles. The molecule has 0 aliphatic carbocycles. The first-order valence-corrected chi connectivity index (χ1v) is 7.18. The van der Waals surface area contributed by atoms with E-state index in [1.165, 1.54) is 5.56 Å². The van der Waals surface area contributed by atoms with Gasteiger partial charge in [-0.3, -0.25) is 5.32 Å². The topological polar surface area (TPSA) is 39.7 Å². The molecule has 4 rings (SSSR count). The number of nitrogens with one attached hydrogen (secondary N) is 1. The molecule has 0 aromatic heterocycles. The maximum absolute atomic E-state index is 5.99. The smallest absolute Gasteiger partial charge is 0.492 e. The summed E-state index contributed by atoms with van der Waals surface area (Å²) in [7, 11) is 1.55. The Morgan fingerprint density at radius 1 is 1.09 bits per heavy atom. The summed E-state index contributed by atoms with van der Waals surface area (Å²) in [5, 5.41) is 3.21. The number of halogens is 1. The SMILES string of the molecule is CN[C@H]1OB2OCCOc3ccc(-c4ccccc4)c1c32.Cl. The van der Waals surface area contributed by atoms with Crippen LogP contribution in [0.1, 0.15) is 11.8 Å². The Kier molecular flexibility index (Phi) is 4.40. The summed E-state index contributed by atoms with van der Waals surface area (Å²) < 4.78 is 17.5. The van der Waals surface area contributed by atoms with Crippen LogP contribution in [0.15, 0.2) is 42.5 Å². The molecule has 0 saturated heterocycles.